The number of sulfonamides is 1. The SMILES string of the molecule is O=[N+]([O-])c1cccc(S(=O)(=O)N2CC[NH+](C[C@H](O)CO)CC2)c1. The van der Waals surface area contributed by atoms with Crippen LogP contribution in [0.25, 0.3) is 0 Å². The van der Waals surface area contributed by atoms with Crippen LogP contribution in [0, 0.1) is 10.1 Å². The van der Waals surface area contributed by atoms with Crippen molar-refractivity contribution < 1.29 is 28.5 Å². The van der Waals surface area contributed by atoms with Gasteiger partial charge in [0.05, 0.1) is 42.6 Å². The summed E-state index contributed by atoms with van der Waals surface area (Å²) >= 11 is 0. The van der Waals surface area contributed by atoms with E-state index < -0.39 is 21.1 Å². The third-order valence-electron chi connectivity index (χ3n) is 3.83. The fraction of sp³-hybridized carbons (Fsp3) is 0.538. The summed E-state index contributed by atoms with van der Waals surface area (Å²) in [5.74, 6) is 0. The molecule has 1 aliphatic heterocycles. The van der Waals surface area contributed by atoms with E-state index in [1.54, 1.807) is 0 Å². The lowest BCUT2D eigenvalue weighted by Crippen LogP contribution is -3.15. The van der Waals surface area contributed by atoms with Gasteiger partial charge >= 0.3 is 0 Å². The normalized spacial score (nSPS) is 18.7. The zero-order valence-corrected chi connectivity index (χ0v) is 13.3. The number of hydrogen-bond donors (Lipinski definition) is 3. The van der Waals surface area contributed by atoms with Crippen LogP contribution < -0.4 is 4.90 Å². The van der Waals surface area contributed by atoms with E-state index >= 15 is 0 Å². The van der Waals surface area contributed by atoms with E-state index in [1.165, 1.54) is 22.5 Å². The van der Waals surface area contributed by atoms with Gasteiger partial charge in [0.2, 0.25) is 10.0 Å². The number of nitro benzene ring substituents is 1. The number of rotatable bonds is 6. The molecular weight excluding hydrogens is 326 g/mol. The van der Waals surface area contributed by atoms with Crippen LogP contribution in [0.1, 0.15) is 0 Å². The van der Waals surface area contributed by atoms with Crippen molar-refractivity contribution in [3.63, 3.8) is 0 Å². The summed E-state index contributed by atoms with van der Waals surface area (Å²) in [5.41, 5.74) is -0.263. The van der Waals surface area contributed by atoms with Crippen molar-refractivity contribution in [2.45, 2.75) is 11.0 Å². The Kier molecular flexibility index (Phi) is 5.65. The van der Waals surface area contributed by atoms with Crippen molar-refractivity contribution >= 4 is 15.7 Å². The molecule has 0 bridgehead atoms. The maximum Gasteiger partial charge on any atom is 0.270 e. The van der Waals surface area contributed by atoms with E-state index in [0.29, 0.717) is 19.6 Å². The number of aliphatic hydroxyl groups excluding tert-OH is 2. The third-order valence-corrected chi connectivity index (χ3v) is 5.73. The summed E-state index contributed by atoms with van der Waals surface area (Å²) in [7, 11) is -3.77. The van der Waals surface area contributed by atoms with Crippen LogP contribution in [0.15, 0.2) is 29.2 Å². The molecule has 3 N–H and O–H groups in total. The van der Waals surface area contributed by atoms with Crippen molar-refractivity contribution in [3.05, 3.63) is 34.4 Å². The van der Waals surface area contributed by atoms with Crippen LogP contribution in [0.4, 0.5) is 5.69 Å². The first-order valence-electron chi connectivity index (χ1n) is 7.21. The van der Waals surface area contributed by atoms with Gasteiger partial charge in [0.25, 0.3) is 5.69 Å². The molecule has 0 spiro atoms. The zero-order chi connectivity index (χ0) is 17.0. The second kappa shape index (κ2) is 7.32. The van der Waals surface area contributed by atoms with Gasteiger partial charge < -0.3 is 15.1 Å². The van der Waals surface area contributed by atoms with Gasteiger partial charge in [0.1, 0.15) is 12.6 Å². The third kappa shape index (κ3) is 4.24. The van der Waals surface area contributed by atoms with Crippen molar-refractivity contribution in [3.8, 4) is 0 Å². The Morgan fingerprint density at radius 1 is 1.35 bits per heavy atom. The Morgan fingerprint density at radius 3 is 2.57 bits per heavy atom. The first-order valence-corrected chi connectivity index (χ1v) is 8.65. The fourth-order valence-corrected chi connectivity index (χ4v) is 4.03. The molecule has 1 fully saturated rings. The minimum atomic E-state index is -3.77. The van der Waals surface area contributed by atoms with Crippen LogP contribution >= 0.6 is 0 Å². The second-order valence-electron chi connectivity index (χ2n) is 5.45. The molecule has 2 rings (SSSR count). The molecule has 128 valence electrons. The minimum Gasteiger partial charge on any atom is -0.393 e. The average Bonchev–Trinajstić information content (AvgIpc) is 2.55. The average molecular weight is 346 g/mol. The molecule has 0 aliphatic carbocycles. The molecule has 1 aromatic rings. The number of non-ortho nitro benzene ring substituents is 1. The maximum atomic E-state index is 12.6. The van der Waals surface area contributed by atoms with E-state index in [4.69, 9.17) is 5.11 Å². The highest BCUT2D eigenvalue weighted by Gasteiger charge is 2.31. The number of nitrogens with one attached hydrogen (secondary N) is 1. The van der Waals surface area contributed by atoms with E-state index in [2.05, 4.69) is 0 Å². The van der Waals surface area contributed by atoms with Crippen LogP contribution in [-0.4, -0.2) is 73.3 Å². The molecule has 1 aliphatic rings. The molecule has 23 heavy (non-hydrogen) atoms. The summed E-state index contributed by atoms with van der Waals surface area (Å²) in [6.07, 6.45) is -0.815. The maximum absolute atomic E-state index is 12.6. The van der Waals surface area contributed by atoms with Gasteiger partial charge in [-0.15, -0.1) is 0 Å². The number of nitro groups is 1. The van der Waals surface area contributed by atoms with E-state index in [9.17, 15) is 23.6 Å². The molecular formula is C13H20N3O6S+. The molecule has 0 aromatic heterocycles. The molecule has 1 saturated heterocycles. The Balaban J connectivity index is 2.07. The predicted molar refractivity (Wildman–Crippen MR) is 80.5 cm³/mol. The molecule has 9 nitrogen and oxygen atoms in total. The Bertz CT molecular complexity index is 657. The molecule has 1 aromatic carbocycles. The molecule has 0 radical (unpaired) electrons. The highest BCUT2D eigenvalue weighted by Crippen LogP contribution is 2.20. The Labute approximate surface area is 134 Å². The highest BCUT2D eigenvalue weighted by atomic mass is 32.2. The zero-order valence-electron chi connectivity index (χ0n) is 12.5. The standard InChI is InChI=1S/C13H19N3O6S/c17-10-12(18)9-14-4-6-15(7-5-14)23(21,22)13-3-1-2-11(8-13)16(19)20/h1-3,8,12,17-18H,4-7,9-10H2/p+1/t12-/m0/s1. The lowest BCUT2D eigenvalue weighted by molar-refractivity contribution is -0.906. The lowest BCUT2D eigenvalue weighted by atomic mass is 10.3. The topological polar surface area (TPSA) is 125 Å². The number of hydrogen-bond acceptors (Lipinski definition) is 6. The van der Waals surface area contributed by atoms with Crippen molar-refractivity contribution in [1.29, 1.82) is 0 Å². The molecule has 0 unspecified atom stereocenters. The van der Waals surface area contributed by atoms with Gasteiger partial charge in [-0.1, -0.05) is 6.07 Å². The number of aliphatic hydroxyl groups is 2. The van der Waals surface area contributed by atoms with Gasteiger partial charge in [-0.25, -0.2) is 8.42 Å². The minimum absolute atomic E-state index is 0.0921. The first kappa shape index (κ1) is 17.8. The molecule has 0 amide bonds. The summed E-state index contributed by atoms with van der Waals surface area (Å²) < 4.78 is 26.4. The van der Waals surface area contributed by atoms with E-state index in [-0.39, 0.29) is 30.3 Å². The van der Waals surface area contributed by atoms with Crippen LogP contribution in [0.2, 0.25) is 0 Å². The lowest BCUT2D eigenvalue weighted by Gasteiger charge is -2.32. The van der Waals surface area contributed by atoms with Gasteiger partial charge in [-0.2, -0.15) is 4.31 Å². The molecule has 0 saturated carbocycles. The van der Waals surface area contributed by atoms with Crippen LogP contribution in [-0.2, 0) is 10.0 Å². The first-order chi connectivity index (χ1) is 10.8. The monoisotopic (exact) mass is 346 g/mol. The molecule has 10 heteroatoms. The summed E-state index contributed by atoms with van der Waals surface area (Å²) in [5, 5.41) is 29.1. The van der Waals surface area contributed by atoms with Crippen molar-refractivity contribution in [2.75, 3.05) is 39.3 Å². The van der Waals surface area contributed by atoms with E-state index in [0.717, 1.165) is 11.0 Å². The van der Waals surface area contributed by atoms with Crippen molar-refractivity contribution in [1.82, 2.24) is 4.31 Å². The smallest absolute Gasteiger partial charge is 0.270 e. The number of nitrogens with zero attached hydrogens (tertiary/aromatic N) is 2. The fourth-order valence-electron chi connectivity index (χ4n) is 2.55. The van der Waals surface area contributed by atoms with Gasteiger partial charge in [0, 0.05) is 12.1 Å². The number of quaternary nitrogens is 1. The predicted octanol–water partition coefficient (Wildman–Crippen LogP) is -2.16. The van der Waals surface area contributed by atoms with Crippen LogP contribution in [0.3, 0.4) is 0 Å². The largest absolute Gasteiger partial charge is 0.393 e. The van der Waals surface area contributed by atoms with Gasteiger partial charge in [-0.3, -0.25) is 10.1 Å². The van der Waals surface area contributed by atoms with Crippen LogP contribution in [0.5, 0.6) is 0 Å². The second-order valence-corrected chi connectivity index (χ2v) is 7.39. The van der Waals surface area contributed by atoms with Crippen molar-refractivity contribution in [2.24, 2.45) is 0 Å². The summed E-state index contributed by atoms with van der Waals surface area (Å²) in [6.45, 7) is 1.58. The Hall–Kier alpha value is -1.59. The molecule has 1 heterocycles. The summed E-state index contributed by atoms with van der Waals surface area (Å²) in [4.78, 5) is 11.1. The Morgan fingerprint density at radius 2 is 2.00 bits per heavy atom. The highest BCUT2D eigenvalue weighted by molar-refractivity contribution is 7.89. The van der Waals surface area contributed by atoms with Gasteiger partial charge in [0.15, 0.2) is 0 Å². The summed E-state index contributed by atoms with van der Waals surface area (Å²) in [6, 6.07) is 5.00. The quantitative estimate of drug-likeness (QED) is 0.398. The number of benzene rings is 1. The number of piperazine rings is 1. The van der Waals surface area contributed by atoms with Gasteiger partial charge in [-0.05, 0) is 6.07 Å². The molecule has 1 atom stereocenters. The van der Waals surface area contributed by atoms with E-state index in [1.807, 2.05) is 0 Å².